The van der Waals surface area contributed by atoms with Crippen molar-refractivity contribution in [2.45, 2.75) is 37.9 Å². The van der Waals surface area contributed by atoms with E-state index >= 15 is 0 Å². The van der Waals surface area contributed by atoms with Crippen molar-refractivity contribution in [2.75, 3.05) is 33.7 Å². The molecule has 2 atom stereocenters. The largest absolute Gasteiger partial charge is 0.468 e. The number of hydrogen-bond acceptors (Lipinski definition) is 4. The van der Waals surface area contributed by atoms with E-state index in [0.29, 0.717) is 6.04 Å². The van der Waals surface area contributed by atoms with E-state index in [1.165, 1.54) is 31.5 Å². The van der Waals surface area contributed by atoms with Gasteiger partial charge >= 0.3 is 0 Å². The number of likely N-dealkylation sites (N-methyl/N-ethyl adjacent to an activating group) is 1. The molecule has 136 valence electrons. The van der Waals surface area contributed by atoms with Crippen molar-refractivity contribution >= 4 is 0 Å². The summed E-state index contributed by atoms with van der Waals surface area (Å²) in [7, 11) is 4.49. The molecule has 1 N–H and O–H groups in total. The smallest absolute Gasteiger partial charge is 0.120 e. The van der Waals surface area contributed by atoms with E-state index < -0.39 is 0 Å². The average molecular weight is 341 g/mol. The molecular weight excluding hydrogens is 310 g/mol. The highest BCUT2D eigenvalue weighted by atomic mass is 16.3. The lowest BCUT2D eigenvalue weighted by Gasteiger charge is -2.37. The monoisotopic (exact) mass is 341 g/mol. The maximum Gasteiger partial charge on any atom is 0.120 e. The minimum atomic E-state index is 0.186. The minimum Gasteiger partial charge on any atom is -0.468 e. The molecule has 0 saturated carbocycles. The van der Waals surface area contributed by atoms with Gasteiger partial charge in [0.2, 0.25) is 0 Å². The SMILES string of the molecule is CC(NC(CN(C)C1CCN(C)CC1)c1ccccc1)c1ccco1. The molecule has 0 amide bonds. The fourth-order valence-electron chi connectivity index (χ4n) is 3.73. The van der Waals surface area contributed by atoms with Crippen LogP contribution in [0, 0.1) is 0 Å². The number of hydrogen-bond donors (Lipinski definition) is 1. The first-order chi connectivity index (χ1) is 12.1. The van der Waals surface area contributed by atoms with Crippen molar-refractivity contribution in [3.8, 4) is 0 Å². The van der Waals surface area contributed by atoms with Crippen LogP contribution in [0.15, 0.2) is 53.1 Å². The van der Waals surface area contributed by atoms with Crippen molar-refractivity contribution in [2.24, 2.45) is 0 Å². The Kier molecular flexibility index (Phi) is 6.29. The highest BCUT2D eigenvalue weighted by Gasteiger charge is 2.24. The Labute approximate surface area is 151 Å². The molecule has 4 nitrogen and oxygen atoms in total. The van der Waals surface area contributed by atoms with Crippen LogP contribution >= 0.6 is 0 Å². The summed E-state index contributed by atoms with van der Waals surface area (Å²) < 4.78 is 5.58. The molecule has 25 heavy (non-hydrogen) atoms. The molecular formula is C21H31N3O. The van der Waals surface area contributed by atoms with E-state index in [9.17, 15) is 0 Å². The Balaban J connectivity index is 1.68. The highest BCUT2D eigenvalue weighted by Crippen LogP contribution is 2.23. The van der Waals surface area contributed by atoms with Gasteiger partial charge in [0.05, 0.1) is 12.3 Å². The molecule has 1 aromatic heterocycles. The lowest BCUT2D eigenvalue weighted by atomic mass is 10.0. The summed E-state index contributed by atoms with van der Waals surface area (Å²) in [6.45, 7) is 5.57. The molecule has 1 aliphatic rings. The Morgan fingerprint density at radius 2 is 1.88 bits per heavy atom. The predicted molar refractivity (Wildman–Crippen MR) is 103 cm³/mol. The Morgan fingerprint density at radius 1 is 1.16 bits per heavy atom. The summed E-state index contributed by atoms with van der Waals surface area (Å²) in [6, 6.07) is 15.9. The van der Waals surface area contributed by atoms with E-state index in [1.807, 2.05) is 12.1 Å². The quantitative estimate of drug-likeness (QED) is 0.832. The predicted octanol–water partition coefficient (Wildman–Crippen LogP) is 3.70. The van der Waals surface area contributed by atoms with Gasteiger partial charge in [0, 0.05) is 18.6 Å². The van der Waals surface area contributed by atoms with Crippen LogP contribution in [0.2, 0.25) is 0 Å². The number of rotatable bonds is 7. The van der Waals surface area contributed by atoms with Crippen molar-refractivity contribution in [1.82, 2.24) is 15.1 Å². The van der Waals surface area contributed by atoms with Gasteiger partial charge in [-0.3, -0.25) is 5.32 Å². The summed E-state index contributed by atoms with van der Waals surface area (Å²) >= 11 is 0. The topological polar surface area (TPSA) is 31.6 Å². The highest BCUT2D eigenvalue weighted by molar-refractivity contribution is 5.20. The minimum absolute atomic E-state index is 0.186. The van der Waals surface area contributed by atoms with Crippen LogP contribution < -0.4 is 5.32 Å². The lowest BCUT2D eigenvalue weighted by Crippen LogP contribution is -2.45. The summed E-state index contributed by atoms with van der Waals surface area (Å²) in [4.78, 5) is 4.96. The fraction of sp³-hybridized carbons (Fsp3) is 0.524. The maximum atomic E-state index is 5.58. The standard InChI is InChI=1S/C21H31N3O/c1-17(21-10-7-15-25-21)22-20(18-8-5-4-6-9-18)16-24(3)19-11-13-23(2)14-12-19/h4-10,15,17,19-20,22H,11-14,16H2,1-3H3. The van der Waals surface area contributed by atoms with Gasteiger partial charge in [0.25, 0.3) is 0 Å². The number of nitrogens with zero attached hydrogens (tertiary/aromatic N) is 2. The van der Waals surface area contributed by atoms with Gasteiger partial charge in [-0.1, -0.05) is 30.3 Å². The van der Waals surface area contributed by atoms with Crippen LogP contribution in [-0.2, 0) is 0 Å². The van der Waals surface area contributed by atoms with E-state index in [1.54, 1.807) is 6.26 Å². The Hall–Kier alpha value is -1.62. The molecule has 2 heterocycles. The second kappa shape index (κ2) is 8.65. The normalized spacial score (nSPS) is 19.2. The van der Waals surface area contributed by atoms with E-state index in [2.05, 4.69) is 66.5 Å². The van der Waals surface area contributed by atoms with Gasteiger partial charge in [0.1, 0.15) is 5.76 Å². The molecule has 0 aliphatic carbocycles. The van der Waals surface area contributed by atoms with Crippen LogP contribution in [0.1, 0.15) is 43.2 Å². The molecule has 3 rings (SSSR count). The maximum absolute atomic E-state index is 5.58. The van der Waals surface area contributed by atoms with Crippen molar-refractivity contribution in [1.29, 1.82) is 0 Å². The third-order valence-corrected chi connectivity index (χ3v) is 5.41. The third-order valence-electron chi connectivity index (χ3n) is 5.41. The summed E-state index contributed by atoms with van der Waals surface area (Å²) in [6.07, 6.45) is 4.25. The lowest BCUT2D eigenvalue weighted by molar-refractivity contribution is 0.132. The van der Waals surface area contributed by atoms with E-state index in [-0.39, 0.29) is 12.1 Å². The molecule has 1 saturated heterocycles. The van der Waals surface area contributed by atoms with Crippen molar-refractivity contribution < 1.29 is 4.42 Å². The molecule has 0 spiro atoms. The zero-order chi connectivity index (χ0) is 17.6. The van der Waals surface area contributed by atoms with Gasteiger partial charge < -0.3 is 14.2 Å². The van der Waals surface area contributed by atoms with Crippen LogP contribution in [0.4, 0.5) is 0 Å². The second-order valence-corrected chi connectivity index (χ2v) is 7.34. The number of likely N-dealkylation sites (tertiary alicyclic amines) is 1. The van der Waals surface area contributed by atoms with Gasteiger partial charge in [-0.25, -0.2) is 0 Å². The number of furan rings is 1. The van der Waals surface area contributed by atoms with Gasteiger partial charge in [-0.2, -0.15) is 0 Å². The van der Waals surface area contributed by atoms with Crippen LogP contribution in [0.5, 0.6) is 0 Å². The van der Waals surface area contributed by atoms with Gasteiger partial charge in [-0.05, 0) is 64.6 Å². The van der Waals surface area contributed by atoms with Crippen LogP contribution in [0.3, 0.4) is 0 Å². The number of piperidine rings is 1. The van der Waals surface area contributed by atoms with Crippen LogP contribution in [0.25, 0.3) is 0 Å². The van der Waals surface area contributed by atoms with Gasteiger partial charge in [-0.15, -0.1) is 0 Å². The third kappa shape index (κ3) is 4.94. The number of benzene rings is 1. The zero-order valence-corrected chi connectivity index (χ0v) is 15.7. The van der Waals surface area contributed by atoms with Crippen molar-refractivity contribution in [3.63, 3.8) is 0 Å². The first kappa shape index (κ1) is 18.2. The van der Waals surface area contributed by atoms with Crippen molar-refractivity contribution in [3.05, 3.63) is 60.1 Å². The van der Waals surface area contributed by atoms with E-state index in [0.717, 1.165) is 12.3 Å². The first-order valence-corrected chi connectivity index (χ1v) is 9.36. The fourth-order valence-corrected chi connectivity index (χ4v) is 3.73. The molecule has 0 radical (unpaired) electrons. The van der Waals surface area contributed by atoms with Gasteiger partial charge in [0.15, 0.2) is 0 Å². The van der Waals surface area contributed by atoms with Crippen LogP contribution in [-0.4, -0.2) is 49.6 Å². The Bertz CT molecular complexity index is 605. The average Bonchev–Trinajstić information content (AvgIpc) is 3.17. The molecule has 0 bridgehead atoms. The molecule has 2 unspecified atom stereocenters. The number of nitrogens with one attached hydrogen (secondary N) is 1. The summed E-state index contributed by atoms with van der Waals surface area (Å²) in [5.41, 5.74) is 1.33. The second-order valence-electron chi connectivity index (χ2n) is 7.34. The Morgan fingerprint density at radius 3 is 2.52 bits per heavy atom. The van der Waals surface area contributed by atoms with E-state index in [4.69, 9.17) is 4.42 Å². The summed E-state index contributed by atoms with van der Waals surface area (Å²) in [5.74, 6) is 0.989. The molecule has 2 aromatic rings. The molecule has 4 heteroatoms. The first-order valence-electron chi connectivity index (χ1n) is 9.36. The summed E-state index contributed by atoms with van der Waals surface area (Å²) in [5, 5.41) is 3.77. The zero-order valence-electron chi connectivity index (χ0n) is 15.7. The molecule has 1 aliphatic heterocycles. The molecule has 1 fully saturated rings. The molecule has 1 aromatic carbocycles.